The molecule has 0 aliphatic heterocycles. The maximum Gasteiger partial charge on any atom is 0.251 e. The fraction of sp³-hybridized carbons (Fsp3) is 0.188. The van der Waals surface area contributed by atoms with E-state index in [1.807, 2.05) is 31.2 Å². The Balaban J connectivity index is 2.13. The zero-order chi connectivity index (χ0) is 15.4. The van der Waals surface area contributed by atoms with E-state index in [0.29, 0.717) is 6.54 Å². The number of anilines is 1. The van der Waals surface area contributed by atoms with Crippen LogP contribution in [0.4, 0.5) is 14.5 Å². The van der Waals surface area contributed by atoms with Gasteiger partial charge >= 0.3 is 0 Å². The molecule has 21 heavy (non-hydrogen) atoms. The lowest BCUT2D eigenvalue weighted by molar-refractivity contribution is 0.0950. The molecule has 0 saturated heterocycles. The van der Waals surface area contributed by atoms with Crippen molar-refractivity contribution in [3.63, 3.8) is 0 Å². The van der Waals surface area contributed by atoms with Crippen LogP contribution in [0.2, 0.25) is 0 Å². The van der Waals surface area contributed by atoms with Gasteiger partial charge in [0.2, 0.25) is 0 Å². The number of aryl methyl sites for hydroxylation is 1. The molecule has 2 rings (SSSR count). The average molecular weight is 290 g/mol. The van der Waals surface area contributed by atoms with Crippen LogP contribution in [-0.4, -0.2) is 13.0 Å². The van der Waals surface area contributed by atoms with Gasteiger partial charge in [0, 0.05) is 19.2 Å². The summed E-state index contributed by atoms with van der Waals surface area (Å²) in [6.45, 7) is 2.24. The van der Waals surface area contributed by atoms with E-state index in [1.54, 1.807) is 0 Å². The van der Waals surface area contributed by atoms with Crippen molar-refractivity contribution in [3.05, 3.63) is 64.7 Å². The van der Waals surface area contributed by atoms with E-state index in [1.165, 1.54) is 7.05 Å². The van der Waals surface area contributed by atoms with Crippen LogP contribution < -0.4 is 10.6 Å². The molecular weight excluding hydrogens is 274 g/mol. The minimum absolute atomic E-state index is 0.0439. The van der Waals surface area contributed by atoms with Gasteiger partial charge in [-0.3, -0.25) is 4.79 Å². The molecule has 0 atom stereocenters. The first-order valence-electron chi connectivity index (χ1n) is 6.52. The standard InChI is InChI=1S/C16H16F2N2O/c1-10-5-3-4-6-11(10)9-20-16(21)12-7-13(17)15(19-2)14(18)8-12/h3-8,19H,9H2,1-2H3,(H,20,21). The fourth-order valence-corrected chi connectivity index (χ4v) is 2.03. The summed E-state index contributed by atoms with van der Waals surface area (Å²) >= 11 is 0. The molecule has 0 spiro atoms. The van der Waals surface area contributed by atoms with E-state index in [4.69, 9.17) is 0 Å². The van der Waals surface area contributed by atoms with Gasteiger partial charge in [-0.1, -0.05) is 24.3 Å². The van der Waals surface area contributed by atoms with Crippen molar-refractivity contribution in [2.45, 2.75) is 13.5 Å². The van der Waals surface area contributed by atoms with Crippen LogP contribution in [0.25, 0.3) is 0 Å². The van der Waals surface area contributed by atoms with Gasteiger partial charge < -0.3 is 10.6 Å². The number of amides is 1. The smallest absolute Gasteiger partial charge is 0.251 e. The molecule has 0 bridgehead atoms. The summed E-state index contributed by atoms with van der Waals surface area (Å²) in [5.41, 5.74) is 1.71. The number of carbonyl (C=O) groups excluding carboxylic acids is 1. The lowest BCUT2D eigenvalue weighted by atomic mass is 10.1. The Bertz CT molecular complexity index is 648. The minimum atomic E-state index is -0.793. The average Bonchev–Trinajstić information content (AvgIpc) is 2.45. The molecule has 0 heterocycles. The van der Waals surface area contributed by atoms with Gasteiger partial charge in [-0.05, 0) is 30.2 Å². The van der Waals surface area contributed by atoms with Crippen LogP contribution in [0, 0.1) is 18.6 Å². The predicted molar refractivity (Wildman–Crippen MR) is 78.3 cm³/mol. The number of hydrogen-bond acceptors (Lipinski definition) is 2. The van der Waals surface area contributed by atoms with Crippen molar-refractivity contribution in [3.8, 4) is 0 Å². The molecule has 1 amide bonds. The van der Waals surface area contributed by atoms with Gasteiger partial charge in [0.15, 0.2) is 0 Å². The Labute approximate surface area is 122 Å². The Kier molecular flexibility index (Phi) is 4.52. The van der Waals surface area contributed by atoms with E-state index in [9.17, 15) is 13.6 Å². The second kappa shape index (κ2) is 6.35. The summed E-state index contributed by atoms with van der Waals surface area (Å²) in [5.74, 6) is -2.10. The number of benzene rings is 2. The lowest BCUT2D eigenvalue weighted by Crippen LogP contribution is -2.23. The maximum absolute atomic E-state index is 13.6. The zero-order valence-electron chi connectivity index (χ0n) is 11.8. The highest BCUT2D eigenvalue weighted by Crippen LogP contribution is 2.20. The molecule has 2 N–H and O–H groups in total. The van der Waals surface area contributed by atoms with Crippen molar-refractivity contribution in [2.75, 3.05) is 12.4 Å². The van der Waals surface area contributed by atoms with E-state index < -0.39 is 17.5 Å². The highest BCUT2D eigenvalue weighted by molar-refractivity contribution is 5.94. The molecule has 0 aliphatic rings. The van der Waals surface area contributed by atoms with Crippen molar-refractivity contribution < 1.29 is 13.6 Å². The summed E-state index contributed by atoms with van der Waals surface area (Å²) < 4.78 is 27.2. The Morgan fingerprint density at radius 2 is 1.76 bits per heavy atom. The summed E-state index contributed by atoms with van der Waals surface area (Å²) in [6.07, 6.45) is 0. The highest BCUT2D eigenvalue weighted by atomic mass is 19.1. The first kappa shape index (κ1) is 15.0. The van der Waals surface area contributed by atoms with Crippen LogP contribution in [0.5, 0.6) is 0 Å². The fourth-order valence-electron chi connectivity index (χ4n) is 2.03. The second-order valence-corrected chi connectivity index (χ2v) is 4.67. The van der Waals surface area contributed by atoms with Gasteiger partial charge in [0.1, 0.15) is 17.3 Å². The lowest BCUT2D eigenvalue weighted by Gasteiger charge is -2.10. The third kappa shape index (κ3) is 3.37. The maximum atomic E-state index is 13.6. The van der Waals surface area contributed by atoms with E-state index in [-0.39, 0.29) is 11.3 Å². The summed E-state index contributed by atoms with van der Waals surface area (Å²) in [5, 5.41) is 5.07. The molecular formula is C16H16F2N2O. The van der Waals surface area contributed by atoms with Gasteiger partial charge in [-0.25, -0.2) is 8.78 Å². The van der Waals surface area contributed by atoms with Crippen molar-refractivity contribution in [1.29, 1.82) is 0 Å². The summed E-state index contributed by atoms with van der Waals surface area (Å²) in [4.78, 5) is 12.0. The Morgan fingerprint density at radius 3 is 2.33 bits per heavy atom. The van der Waals surface area contributed by atoms with Gasteiger partial charge in [0.25, 0.3) is 5.91 Å². The monoisotopic (exact) mass is 290 g/mol. The third-order valence-electron chi connectivity index (χ3n) is 3.25. The quantitative estimate of drug-likeness (QED) is 0.907. The topological polar surface area (TPSA) is 41.1 Å². The molecule has 2 aromatic carbocycles. The van der Waals surface area contributed by atoms with E-state index in [2.05, 4.69) is 10.6 Å². The number of carbonyl (C=O) groups is 1. The molecule has 0 fully saturated rings. The van der Waals surface area contributed by atoms with Gasteiger partial charge in [0.05, 0.1) is 0 Å². The van der Waals surface area contributed by atoms with Gasteiger partial charge in [-0.2, -0.15) is 0 Å². The molecule has 0 aliphatic carbocycles. The predicted octanol–water partition coefficient (Wildman–Crippen LogP) is 3.24. The SMILES string of the molecule is CNc1c(F)cc(C(=O)NCc2ccccc2C)cc1F. The van der Waals surface area contributed by atoms with Crippen molar-refractivity contribution in [1.82, 2.24) is 5.32 Å². The van der Waals surface area contributed by atoms with E-state index in [0.717, 1.165) is 23.3 Å². The van der Waals surface area contributed by atoms with Crippen molar-refractivity contribution >= 4 is 11.6 Å². The van der Waals surface area contributed by atoms with Crippen LogP contribution in [-0.2, 0) is 6.54 Å². The Morgan fingerprint density at radius 1 is 1.14 bits per heavy atom. The molecule has 110 valence electrons. The first-order valence-corrected chi connectivity index (χ1v) is 6.52. The van der Waals surface area contributed by atoms with Crippen LogP contribution in [0.15, 0.2) is 36.4 Å². The molecule has 5 heteroatoms. The number of rotatable bonds is 4. The van der Waals surface area contributed by atoms with Crippen LogP contribution in [0.1, 0.15) is 21.5 Å². The third-order valence-corrected chi connectivity index (χ3v) is 3.25. The molecule has 0 aromatic heterocycles. The second-order valence-electron chi connectivity index (χ2n) is 4.67. The Hall–Kier alpha value is -2.43. The molecule has 0 unspecified atom stereocenters. The summed E-state index contributed by atoms with van der Waals surface area (Å²) in [6, 6.07) is 9.63. The van der Waals surface area contributed by atoms with Gasteiger partial charge in [-0.15, -0.1) is 0 Å². The molecule has 0 saturated carbocycles. The normalized spacial score (nSPS) is 10.3. The van der Waals surface area contributed by atoms with Crippen molar-refractivity contribution in [2.24, 2.45) is 0 Å². The first-order chi connectivity index (χ1) is 10.0. The molecule has 0 radical (unpaired) electrons. The number of hydrogen-bond donors (Lipinski definition) is 2. The minimum Gasteiger partial charge on any atom is -0.383 e. The molecule has 3 nitrogen and oxygen atoms in total. The van der Waals surface area contributed by atoms with Crippen LogP contribution >= 0.6 is 0 Å². The molecule has 2 aromatic rings. The number of halogens is 2. The van der Waals surface area contributed by atoms with E-state index >= 15 is 0 Å². The zero-order valence-corrected chi connectivity index (χ0v) is 11.8. The summed E-state index contributed by atoms with van der Waals surface area (Å²) in [7, 11) is 1.42. The largest absolute Gasteiger partial charge is 0.383 e. The van der Waals surface area contributed by atoms with Crippen LogP contribution in [0.3, 0.4) is 0 Å². The number of nitrogens with one attached hydrogen (secondary N) is 2. The highest BCUT2D eigenvalue weighted by Gasteiger charge is 2.14.